The minimum atomic E-state index is 0.237. The minimum Gasteiger partial charge on any atom is -0.381 e. The molecule has 0 atom stereocenters. The Morgan fingerprint density at radius 2 is 1.60 bits per heavy atom. The molecule has 0 aliphatic carbocycles. The molecule has 15 heavy (non-hydrogen) atoms. The number of nitrogens with one attached hydrogen (secondary N) is 1. The van der Waals surface area contributed by atoms with Crippen molar-refractivity contribution in [2.24, 2.45) is 0 Å². The molecule has 0 unspecified atom stereocenters. The Morgan fingerprint density at radius 1 is 0.933 bits per heavy atom. The first-order chi connectivity index (χ1) is 7.06. The predicted molar refractivity (Wildman–Crippen MR) is 67.3 cm³/mol. The molecule has 1 N–H and O–H groups in total. The van der Waals surface area contributed by atoms with Crippen LogP contribution in [-0.2, 0) is 4.74 Å². The molecule has 0 saturated heterocycles. The van der Waals surface area contributed by atoms with Crippen molar-refractivity contribution in [3.8, 4) is 0 Å². The first kappa shape index (κ1) is 14.9. The van der Waals surface area contributed by atoms with Gasteiger partial charge >= 0.3 is 0 Å². The van der Waals surface area contributed by atoms with E-state index in [0.717, 1.165) is 26.2 Å². The highest BCUT2D eigenvalue weighted by Crippen LogP contribution is 2.00. The monoisotopic (exact) mass is 215 g/mol. The summed E-state index contributed by atoms with van der Waals surface area (Å²) in [5.41, 5.74) is 0.237. The zero-order valence-corrected chi connectivity index (χ0v) is 11.1. The Kier molecular flexibility index (Phi) is 9.12. The second kappa shape index (κ2) is 9.17. The third-order valence-electron chi connectivity index (χ3n) is 2.26. The molecule has 0 aromatic rings. The highest BCUT2D eigenvalue weighted by molar-refractivity contribution is 4.69. The lowest BCUT2D eigenvalue weighted by Crippen LogP contribution is -2.36. The van der Waals surface area contributed by atoms with Crippen LogP contribution in [0.3, 0.4) is 0 Å². The first-order valence-corrected chi connectivity index (χ1v) is 6.39. The molecule has 0 aliphatic heterocycles. The van der Waals surface area contributed by atoms with E-state index in [4.69, 9.17) is 4.74 Å². The first-order valence-electron chi connectivity index (χ1n) is 6.39. The Morgan fingerprint density at radius 3 is 2.20 bits per heavy atom. The molecule has 0 heterocycles. The molecule has 0 amide bonds. The van der Waals surface area contributed by atoms with E-state index < -0.39 is 0 Å². The van der Waals surface area contributed by atoms with Gasteiger partial charge in [-0.15, -0.1) is 0 Å². The summed E-state index contributed by atoms with van der Waals surface area (Å²) in [5, 5.41) is 3.45. The number of hydrogen-bond donors (Lipinski definition) is 1. The van der Waals surface area contributed by atoms with Gasteiger partial charge in [-0.3, -0.25) is 0 Å². The average Bonchev–Trinajstić information content (AvgIpc) is 2.14. The molecular weight excluding hydrogens is 186 g/mol. The quantitative estimate of drug-likeness (QED) is 0.595. The van der Waals surface area contributed by atoms with Crippen LogP contribution in [0.15, 0.2) is 0 Å². The maximum atomic E-state index is 5.55. The highest BCUT2D eigenvalue weighted by atomic mass is 16.5. The van der Waals surface area contributed by atoms with E-state index in [1.165, 1.54) is 25.7 Å². The second-order valence-electron chi connectivity index (χ2n) is 5.20. The van der Waals surface area contributed by atoms with E-state index in [1.807, 2.05) is 0 Å². The maximum absolute atomic E-state index is 5.55. The van der Waals surface area contributed by atoms with Crippen LogP contribution in [0.5, 0.6) is 0 Å². The zero-order chi connectivity index (χ0) is 11.6. The van der Waals surface area contributed by atoms with Crippen molar-refractivity contribution in [2.45, 2.75) is 65.3 Å². The zero-order valence-electron chi connectivity index (χ0n) is 11.1. The van der Waals surface area contributed by atoms with Gasteiger partial charge in [0.25, 0.3) is 0 Å². The molecule has 0 aromatic heterocycles. The number of rotatable bonds is 9. The van der Waals surface area contributed by atoms with Gasteiger partial charge in [0, 0.05) is 18.8 Å². The van der Waals surface area contributed by atoms with E-state index in [0.29, 0.717) is 0 Å². The van der Waals surface area contributed by atoms with Crippen LogP contribution >= 0.6 is 0 Å². The molecule has 0 rings (SSSR count). The Bertz CT molecular complexity index is 129. The van der Waals surface area contributed by atoms with E-state index in [2.05, 4.69) is 33.0 Å². The Labute approximate surface area is 95.8 Å². The van der Waals surface area contributed by atoms with Gasteiger partial charge in [-0.05, 0) is 40.2 Å². The standard InChI is InChI=1S/C13H29NO/c1-5-6-7-8-11-15-12-9-10-14-13(2,3)4/h14H,5-12H2,1-4H3. The Balaban J connectivity index is 2.99. The molecule has 2 nitrogen and oxygen atoms in total. The highest BCUT2D eigenvalue weighted by Gasteiger charge is 2.06. The van der Waals surface area contributed by atoms with Crippen molar-refractivity contribution < 1.29 is 4.74 Å². The van der Waals surface area contributed by atoms with Crippen LogP contribution in [0.4, 0.5) is 0 Å². The number of unbranched alkanes of at least 4 members (excludes halogenated alkanes) is 3. The predicted octanol–water partition coefficient (Wildman–Crippen LogP) is 3.36. The summed E-state index contributed by atoms with van der Waals surface area (Å²) in [6.45, 7) is 11.7. The summed E-state index contributed by atoms with van der Waals surface area (Å²) in [4.78, 5) is 0. The lowest BCUT2D eigenvalue weighted by atomic mass is 10.1. The number of hydrogen-bond acceptors (Lipinski definition) is 2. The fourth-order valence-electron chi connectivity index (χ4n) is 1.37. The van der Waals surface area contributed by atoms with Gasteiger partial charge in [-0.25, -0.2) is 0 Å². The smallest absolute Gasteiger partial charge is 0.0478 e. The van der Waals surface area contributed by atoms with Crippen LogP contribution in [0.2, 0.25) is 0 Å². The summed E-state index contributed by atoms with van der Waals surface area (Å²) in [6.07, 6.45) is 6.30. The molecule has 0 fully saturated rings. The number of ether oxygens (including phenoxy) is 1. The van der Waals surface area contributed by atoms with Crippen molar-refractivity contribution in [1.29, 1.82) is 0 Å². The van der Waals surface area contributed by atoms with Gasteiger partial charge in [0.2, 0.25) is 0 Å². The molecule has 0 bridgehead atoms. The summed E-state index contributed by atoms with van der Waals surface area (Å²) >= 11 is 0. The van der Waals surface area contributed by atoms with Gasteiger partial charge in [-0.1, -0.05) is 26.2 Å². The minimum absolute atomic E-state index is 0.237. The second-order valence-corrected chi connectivity index (χ2v) is 5.20. The van der Waals surface area contributed by atoms with Gasteiger partial charge in [-0.2, -0.15) is 0 Å². The third-order valence-corrected chi connectivity index (χ3v) is 2.26. The lowest BCUT2D eigenvalue weighted by molar-refractivity contribution is 0.126. The van der Waals surface area contributed by atoms with Gasteiger partial charge in [0.05, 0.1) is 0 Å². The van der Waals surface area contributed by atoms with Crippen LogP contribution < -0.4 is 5.32 Å². The van der Waals surface area contributed by atoms with Crippen LogP contribution in [0.25, 0.3) is 0 Å². The van der Waals surface area contributed by atoms with Crippen molar-refractivity contribution in [2.75, 3.05) is 19.8 Å². The SMILES string of the molecule is CCCCCCOCCCNC(C)(C)C. The fraction of sp³-hybridized carbons (Fsp3) is 1.00. The summed E-state index contributed by atoms with van der Waals surface area (Å²) in [5.74, 6) is 0. The largest absolute Gasteiger partial charge is 0.381 e. The summed E-state index contributed by atoms with van der Waals surface area (Å²) in [6, 6.07) is 0. The molecule has 0 saturated carbocycles. The van der Waals surface area contributed by atoms with Crippen LogP contribution in [0.1, 0.15) is 59.8 Å². The molecular formula is C13H29NO. The van der Waals surface area contributed by atoms with Crippen molar-refractivity contribution in [3.05, 3.63) is 0 Å². The summed E-state index contributed by atoms with van der Waals surface area (Å²) < 4.78 is 5.55. The van der Waals surface area contributed by atoms with E-state index in [1.54, 1.807) is 0 Å². The molecule has 0 radical (unpaired) electrons. The topological polar surface area (TPSA) is 21.3 Å². The van der Waals surface area contributed by atoms with Crippen molar-refractivity contribution >= 4 is 0 Å². The van der Waals surface area contributed by atoms with Gasteiger partial charge < -0.3 is 10.1 Å². The molecule has 0 aromatic carbocycles. The van der Waals surface area contributed by atoms with Crippen LogP contribution in [-0.4, -0.2) is 25.3 Å². The van der Waals surface area contributed by atoms with E-state index in [-0.39, 0.29) is 5.54 Å². The normalized spacial score (nSPS) is 12.0. The van der Waals surface area contributed by atoms with Crippen LogP contribution in [0, 0.1) is 0 Å². The van der Waals surface area contributed by atoms with Crippen molar-refractivity contribution in [3.63, 3.8) is 0 Å². The fourth-order valence-corrected chi connectivity index (χ4v) is 1.37. The van der Waals surface area contributed by atoms with Gasteiger partial charge in [0.1, 0.15) is 0 Å². The molecule has 0 aliphatic rings. The Hall–Kier alpha value is -0.0800. The third kappa shape index (κ3) is 13.9. The summed E-state index contributed by atoms with van der Waals surface area (Å²) in [7, 11) is 0. The van der Waals surface area contributed by atoms with Gasteiger partial charge in [0.15, 0.2) is 0 Å². The van der Waals surface area contributed by atoms with Crippen molar-refractivity contribution in [1.82, 2.24) is 5.32 Å². The molecule has 0 spiro atoms. The average molecular weight is 215 g/mol. The maximum Gasteiger partial charge on any atom is 0.0478 e. The molecule has 92 valence electrons. The van der Waals surface area contributed by atoms with E-state index >= 15 is 0 Å². The molecule has 2 heteroatoms. The van der Waals surface area contributed by atoms with E-state index in [9.17, 15) is 0 Å². The lowest BCUT2D eigenvalue weighted by Gasteiger charge is -2.20.